The average molecular weight is 440 g/mol. The Balaban J connectivity index is 1.34. The zero-order valence-corrected chi connectivity index (χ0v) is 17.2. The van der Waals surface area contributed by atoms with E-state index >= 15 is 0 Å². The van der Waals surface area contributed by atoms with Gasteiger partial charge in [-0.3, -0.25) is 4.90 Å². The van der Waals surface area contributed by atoms with E-state index in [-0.39, 0.29) is 12.8 Å². The normalized spacial score (nSPS) is 17.2. The summed E-state index contributed by atoms with van der Waals surface area (Å²) < 4.78 is 40.3. The first-order valence-electron chi connectivity index (χ1n) is 10.4. The SMILES string of the molecule is O/N=c1\cc(-c2cn3cccc3cn2)oc2ccc(OCCN3CCC(F)(F)CC3)cc12. The molecule has 9 heteroatoms. The molecule has 0 atom stereocenters. The van der Waals surface area contributed by atoms with Crippen LogP contribution in [0.4, 0.5) is 8.78 Å². The van der Waals surface area contributed by atoms with E-state index in [4.69, 9.17) is 9.15 Å². The van der Waals surface area contributed by atoms with Crippen LogP contribution in [0.25, 0.3) is 27.9 Å². The maximum atomic E-state index is 13.3. The Kier molecular flexibility index (Phi) is 5.26. The van der Waals surface area contributed by atoms with Gasteiger partial charge in [0.25, 0.3) is 5.92 Å². The molecular formula is C23H22F2N4O3. The molecule has 1 saturated heterocycles. The third-order valence-corrected chi connectivity index (χ3v) is 5.75. The number of piperidine rings is 1. The molecule has 7 nitrogen and oxygen atoms in total. The first kappa shape index (κ1) is 20.4. The number of halogens is 2. The van der Waals surface area contributed by atoms with Crippen LogP contribution in [0.15, 0.2) is 64.6 Å². The Morgan fingerprint density at radius 2 is 2.03 bits per heavy atom. The van der Waals surface area contributed by atoms with Gasteiger partial charge in [-0.1, -0.05) is 5.16 Å². The minimum absolute atomic E-state index is 0.111. The predicted octanol–water partition coefficient (Wildman–Crippen LogP) is 4.15. The minimum atomic E-state index is -2.55. The molecule has 0 bridgehead atoms. The third-order valence-electron chi connectivity index (χ3n) is 5.75. The highest BCUT2D eigenvalue weighted by molar-refractivity contribution is 5.79. The summed E-state index contributed by atoms with van der Waals surface area (Å²) in [5.74, 6) is -1.50. The second kappa shape index (κ2) is 8.23. The molecule has 1 N–H and O–H groups in total. The molecule has 1 aliphatic rings. The molecular weight excluding hydrogens is 418 g/mol. The summed E-state index contributed by atoms with van der Waals surface area (Å²) in [6.07, 6.45) is 5.28. The smallest absolute Gasteiger partial charge is 0.250 e. The molecule has 4 heterocycles. The van der Waals surface area contributed by atoms with Crippen LogP contribution < -0.4 is 10.1 Å². The highest BCUT2D eigenvalue weighted by Gasteiger charge is 2.33. The van der Waals surface area contributed by atoms with E-state index < -0.39 is 5.92 Å². The second-order valence-corrected chi connectivity index (χ2v) is 7.91. The van der Waals surface area contributed by atoms with Gasteiger partial charge >= 0.3 is 0 Å². The molecule has 5 rings (SSSR count). The predicted molar refractivity (Wildman–Crippen MR) is 114 cm³/mol. The van der Waals surface area contributed by atoms with Gasteiger partial charge in [-0.2, -0.15) is 0 Å². The summed E-state index contributed by atoms with van der Waals surface area (Å²) in [5.41, 5.74) is 2.09. The van der Waals surface area contributed by atoms with Crippen molar-refractivity contribution in [2.45, 2.75) is 18.8 Å². The average Bonchev–Trinajstić information content (AvgIpc) is 3.27. The molecule has 32 heavy (non-hydrogen) atoms. The summed E-state index contributed by atoms with van der Waals surface area (Å²) in [4.78, 5) is 6.40. The van der Waals surface area contributed by atoms with Crippen molar-refractivity contribution < 1.29 is 23.1 Å². The fraction of sp³-hybridized carbons (Fsp3) is 0.304. The van der Waals surface area contributed by atoms with E-state index in [1.807, 2.05) is 33.8 Å². The number of hydrogen-bond acceptors (Lipinski definition) is 6. The summed E-state index contributed by atoms with van der Waals surface area (Å²) >= 11 is 0. The molecule has 1 aromatic carbocycles. The molecule has 1 fully saturated rings. The van der Waals surface area contributed by atoms with Gasteiger partial charge in [-0.15, -0.1) is 0 Å². The summed E-state index contributed by atoms with van der Waals surface area (Å²) in [5, 5.41) is 13.9. The lowest BCUT2D eigenvalue weighted by Crippen LogP contribution is -2.41. The van der Waals surface area contributed by atoms with Gasteiger partial charge in [-0.05, 0) is 30.3 Å². The Morgan fingerprint density at radius 1 is 1.19 bits per heavy atom. The molecule has 0 saturated carbocycles. The number of ether oxygens (including phenoxy) is 1. The van der Waals surface area contributed by atoms with Crippen molar-refractivity contribution in [1.29, 1.82) is 0 Å². The van der Waals surface area contributed by atoms with E-state index in [1.54, 1.807) is 30.5 Å². The molecule has 0 radical (unpaired) electrons. The molecule has 4 aromatic rings. The number of hydrogen-bond donors (Lipinski definition) is 1. The molecule has 166 valence electrons. The number of aromatic nitrogens is 2. The lowest BCUT2D eigenvalue weighted by atomic mass is 10.1. The lowest BCUT2D eigenvalue weighted by Gasteiger charge is -2.31. The molecule has 0 aliphatic carbocycles. The maximum Gasteiger partial charge on any atom is 0.250 e. The Hall–Kier alpha value is -3.46. The summed E-state index contributed by atoms with van der Waals surface area (Å²) in [6, 6.07) is 10.8. The quantitative estimate of drug-likeness (QED) is 0.373. The highest BCUT2D eigenvalue weighted by atomic mass is 19.3. The van der Waals surface area contributed by atoms with Crippen molar-refractivity contribution in [2.24, 2.45) is 5.16 Å². The van der Waals surface area contributed by atoms with Crippen LogP contribution in [0.1, 0.15) is 12.8 Å². The van der Waals surface area contributed by atoms with Crippen molar-refractivity contribution in [3.8, 4) is 17.2 Å². The van der Waals surface area contributed by atoms with Crippen LogP contribution in [0.3, 0.4) is 0 Å². The Labute approximate surface area is 182 Å². The monoisotopic (exact) mass is 440 g/mol. The van der Waals surface area contributed by atoms with Gasteiger partial charge in [0.05, 0.1) is 17.1 Å². The summed E-state index contributed by atoms with van der Waals surface area (Å²) in [6.45, 7) is 1.68. The number of likely N-dealkylation sites (tertiary alicyclic amines) is 1. The zero-order chi connectivity index (χ0) is 22.1. The number of fused-ring (bicyclic) bond motifs is 2. The van der Waals surface area contributed by atoms with E-state index in [2.05, 4.69) is 10.1 Å². The lowest BCUT2D eigenvalue weighted by molar-refractivity contribution is -0.0564. The van der Waals surface area contributed by atoms with Crippen LogP contribution in [0.2, 0.25) is 0 Å². The molecule has 0 spiro atoms. The number of rotatable bonds is 5. The van der Waals surface area contributed by atoms with Crippen LogP contribution >= 0.6 is 0 Å². The summed E-state index contributed by atoms with van der Waals surface area (Å²) in [7, 11) is 0. The van der Waals surface area contributed by atoms with Crippen LogP contribution in [0.5, 0.6) is 5.75 Å². The van der Waals surface area contributed by atoms with Gasteiger partial charge < -0.3 is 18.8 Å². The topological polar surface area (TPSA) is 75.5 Å². The zero-order valence-electron chi connectivity index (χ0n) is 17.2. The first-order valence-corrected chi connectivity index (χ1v) is 10.4. The van der Waals surface area contributed by atoms with Gasteiger partial charge in [0.2, 0.25) is 0 Å². The number of alkyl halides is 2. The van der Waals surface area contributed by atoms with Gasteiger partial charge in [0.1, 0.15) is 29.0 Å². The molecule has 0 amide bonds. The fourth-order valence-corrected chi connectivity index (χ4v) is 3.90. The Bertz CT molecular complexity index is 1320. The number of benzene rings is 1. The van der Waals surface area contributed by atoms with E-state index in [9.17, 15) is 14.0 Å². The van der Waals surface area contributed by atoms with Gasteiger partial charge in [0.15, 0.2) is 5.76 Å². The second-order valence-electron chi connectivity index (χ2n) is 7.91. The van der Waals surface area contributed by atoms with E-state index in [0.29, 0.717) is 59.8 Å². The molecule has 1 aliphatic heterocycles. The van der Waals surface area contributed by atoms with Crippen LogP contribution in [-0.2, 0) is 0 Å². The maximum absolute atomic E-state index is 13.3. The van der Waals surface area contributed by atoms with Gasteiger partial charge in [0, 0.05) is 50.9 Å². The highest BCUT2D eigenvalue weighted by Crippen LogP contribution is 2.28. The van der Waals surface area contributed by atoms with Gasteiger partial charge in [-0.25, -0.2) is 13.8 Å². The van der Waals surface area contributed by atoms with Crippen molar-refractivity contribution in [3.05, 3.63) is 60.3 Å². The van der Waals surface area contributed by atoms with Crippen molar-refractivity contribution in [3.63, 3.8) is 0 Å². The van der Waals surface area contributed by atoms with Crippen molar-refractivity contribution in [1.82, 2.24) is 14.3 Å². The number of nitrogens with zero attached hydrogens (tertiary/aromatic N) is 4. The third kappa shape index (κ3) is 4.16. The fourth-order valence-electron chi connectivity index (χ4n) is 3.90. The van der Waals surface area contributed by atoms with E-state index in [0.717, 1.165) is 5.52 Å². The molecule has 3 aromatic heterocycles. The van der Waals surface area contributed by atoms with Crippen LogP contribution in [-0.4, -0.2) is 51.7 Å². The molecule has 0 unspecified atom stereocenters. The Morgan fingerprint density at radius 3 is 2.84 bits per heavy atom. The standard InChI is InChI=1S/C23H22F2N4O3/c24-23(25)5-8-28(9-6-23)10-11-31-17-3-4-21-18(12-17)19(27-30)13-22(32-21)20-15-29-7-1-2-16(29)14-26-20/h1-4,7,12-15,30H,5-6,8-11H2/b27-19+. The van der Waals surface area contributed by atoms with E-state index in [1.165, 1.54) is 0 Å². The first-order chi connectivity index (χ1) is 15.5. The van der Waals surface area contributed by atoms with Crippen LogP contribution in [0, 0.1) is 0 Å². The van der Waals surface area contributed by atoms with Crippen molar-refractivity contribution in [2.75, 3.05) is 26.2 Å². The van der Waals surface area contributed by atoms with Crippen molar-refractivity contribution >= 4 is 16.5 Å². The largest absolute Gasteiger partial charge is 0.492 e. The minimum Gasteiger partial charge on any atom is -0.492 e.